The Morgan fingerprint density at radius 2 is 1.58 bits per heavy atom. The highest BCUT2D eigenvalue weighted by molar-refractivity contribution is 6.04. The van der Waals surface area contributed by atoms with E-state index in [-0.39, 0.29) is 5.91 Å². The highest BCUT2D eigenvalue weighted by atomic mass is 16.5. The summed E-state index contributed by atoms with van der Waals surface area (Å²) < 4.78 is 4.65. The van der Waals surface area contributed by atoms with Crippen molar-refractivity contribution in [2.24, 2.45) is 0 Å². The number of nitrogens with one attached hydrogen (secondary N) is 1. The van der Waals surface area contributed by atoms with E-state index in [0.717, 1.165) is 18.7 Å². The fourth-order valence-corrected chi connectivity index (χ4v) is 3.13. The van der Waals surface area contributed by atoms with Gasteiger partial charge in [-0.2, -0.15) is 0 Å². The third kappa shape index (κ3) is 4.70. The summed E-state index contributed by atoms with van der Waals surface area (Å²) in [4.78, 5) is 26.2. The van der Waals surface area contributed by atoms with Gasteiger partial charge in [-0.15, -0.1) is 0 Å². The Bertz CT molecular complexity index is 748. The molecule has 2 aromatic rings. The summed E-state index contributed by atoms with van der Waals surface area (Å²) in [6.45, 7) is 3.52. The van der Waals surface area contributed by atoms with E-state index < -0.39 is 5.97 Å². The van der Waals surface area contributed by atoms with Crippen molar-refractivity contribution in [1.82, 2.24) is 4.90 Å². The van der Waals surface area contributed by atoms with Crippen LogP contribution in [0.2, 0.25) is 0 Å². The molecule has 0 unspecified atom stereocenters. The lowest BCUT2D eigenvalue weighted by Gasteiger charge is -2.14. The number of hydrogen-bond donors (Lipinski definition) is 1. The van der Waals surface area contributed by atoms with Gasteiger partial charge >= 0.3 is 5.97 Å². The molecular weight excluding hydrogens is 328 g/mol. The van der Waals surface area contributed by atoms with Gasteiger partial charge in [0.1, 0.15) is 0 Å². The zero-order valence-electron chi connectivity index (χ0n) is 15.0. The number of likely N-dealkylation sites (tertiary alicyclic amines) is 1. The summed E-state index contributed by atoms with van der Waals surface area (Å²) in [7, 11) is 1.33. The van der Waals surface area contributed by atoms with Gasteiger partial charge in [0.2, 0.25) is 0 Å². The highest BCUT2D eigenvalue weighted by Crippen LogP contribution is 2.14. The average molecular weight is 352 g/mol. The Morgan fingerprint density at radius 1 is 0.962 bits per heavy atom. The van der Waals surface area contributed by atoms with Crippen LogP contribution in [0, 0.1) is 0 Å². The van der Waals surface area contributed by atoms with Crippen LogP contribution in [-0.4, -0.2) is 43.5 Å². The number of esters is 1. The van der Waals surface area contributed by atoms with Gasteiger partial charge in [-0.3, -0.25) is 4.79 Å². The van der Waals surface area contributed by atoms with E-state index in [0.29, 0.717) is 11.1 Å². The highest BCUT2D eigenvalue weighted by Gasteiger charge is 2.11. The minimum Gasteiger partial charge on any atom is -0.465 e. The molecular formula is C21H24N2O3. The summed E-state index contributed by atoms with van der Waals surface area (Å²) >= 11 is 0. The van der Waals surface area contributed by atoms with Crippen LogP contribution in [0.15, 0.2) is 48.5 Å². The maximum Gasteiger partial charge on any atom is 0.337 e. The van der Waals surface area contributed by atoms with Crippen LogP contribution in [0.1, 0.15) is 39.1 Å². The molecule has 3 rings (SSSR count). The number of methoxy groups -OCH3 is 1. The Hall–Kier alpha value is -2.66. The lowest BCUT2D eigenvalue weighted by atomic mass is 10.1. The second kappa shape index (κ2) is 8.63. The average Bonchev–Trinajstić information content (AvgIpc) is 3.20. The van der Waals surface area contributed by atoms with Crippen LogP contribution in [0.4, 0.5) is 5.69 Å². The number of carbonyl (C=O) groups is 2. The van der Waals surface area contributed by atoms with Crippen molar-refractivity contribution in [2.45, 2.75) is 19.3 Å². The Balaban J connectivity index is 1.54. The van der Waals surface area contributed by atoms with E-state index in [1.807, 2.05) is 12.1 Å². The fraction of sp³-hybridized carbons (Fsp3) is 0.333. The predicted molar refractivity (Wildman–Crippen MR) is 102 cm³/mol. The largest absolute Gasteiger partial charge is 0.465 e. The van der Waals surface area contributed by atoms with Crippen LogP contribution in [0.5, 0.6) is 0 Å². The molecule has 0 aliphatic carbocycles. The molecule has 5 heteroatoms. The third-order valence-corrected chi connectivity index (χ3v) is 4.70. The van der Waals surface area contributed by atoms with E-state index in [2.05, 4.69) is 27.1 Å². The number of ether oxygens (including phenoxy) is 1. The Labute approximate surface area is 154 Å². The normalized spacial score (nSPS) is 14.2. The molecule has 0 atom stereocenters. The number of anilines is 1. The number of benzene rings is 2. The molecule has 0 spiro atoms. The Kier molecular flexibility index (Phi) is 6.02. The van der Waals surface area contributed by atoms with Crippen LogP contribution in [-0.2, 0) is 11.2 Å². The molecule has 1 aliphatic rings. The number of nitrogens with zero attached hydrogens (tertiary/aromatic N) is 1. The monoisotopic (exact) mass is 352 g/mol. The second-order valence-electron chi connectivity index (χ2n) is 6.52. The molecule has 136 valence electrons. The number of amides is 1. The van der Waals surface area contributed by atoms with E-state index in [1.54, 1.807) is 24.3 Å². The summed E-state index contributed by atoms with van der Waals surface area (Å²) in [6, 6.07) is 14.4. The summed E-state index contributed by atoms with van der Waals surface area (Å²) in [5.41, 5.74) is 2.96. The first-order valence-electron chi connectivity index (χ1n) is 8.97. The maximum absolute atomic E-state index is 12.3. The molecule has 0 aromatic heterocycles. The molecule has 1 saturated heterocycles. The van der Waals surface area contributed by atoms with Gasteiger partial charge in [0, 0.05) is 17.8 Å². The summed E-state index contributed by atoms with van der Waals surface area (Å²) in [5.74, 6) is -0.618. The lowest BCUT2D eigenvalue weighted by molar-refractivity contribution is 0.0600. The zero-order chi connectivity index (χ0) is 18.4. The van der Waals surface area contributed by atoms with Crippen molar-refractivity contribution in [1.29, 1.82) is 0 Å². The van der Waals surface area contributed by atoms with Crippen molar-refractivity contribution in [3.8, 4) is 0 Å². The Morgan fingerprint density at radius 3 is 2.19 bits per heavy atom. The molecule has 0 radical (unpaired) electrons. The van der Waals surface area contributed by atoms with Crippen molar-refractivity contribution in [3.05, 3.63) is 65.2 Å². The maximum atomic E-state index is 12.3. The minimum absolute atomic E-state index is 0.203. The van der Waals surface area contributed by atoms with E-state index >= 15 is 0 Å². The number of rotatable bonds is 6. The van der Waals surface area contributed by atoms with Crippen LogP contribution in [0.25, 0.3) is 0 Å². The molecule has 0 bridgehead atoms. The first-order valence-corrected chi connectivity index (χ1v) is 8.97. The number of hydrogen-bond acceptors (Lipinski definition) is 4. The predicted octanol–water partition coefficient (Wildman–Crippen LogP) is 3.36. The van der Waals surface area contributed by atoms with Gasteiger partial charge < -0.3 is 15.0 Å². The summed E-state index contributed by atoms with van der Waals surface area (Å²) in [6.07, 6.45) is 3.65. The molecule has 0 saturated carbocycles. The van der Waals surface area contributed by atoms with Gasteiger partial charge in [-0.1, -0.05) is 12.1 Å². The van der Waals surface area contributed by atoms with Gasteiger partial charge in [0.05, 0.1) is 12.7 Å². The van der Waals surface area contributed by atoms with Gasteiger partial charge in [-0.05, 0) is 74.3 Å². The third-order valence-electron chi connectivity index (χ3n) is 4.70. The zero-order valence-corrected chi connectivity index (χ0v) is 15.0. The molecule has 2 aromatic carbocycles. The first kappa shape index (κ1) is 18.1. The fourth-order valence-electron chi connectivity index (χ4n) is 3.13. The molecule has 1 heterocycles. The molecule has 1 fully saturated rings. The van der Waals surface area contributed by atoms with Gasteiger partial charge in [0.15, 0.2) is 0 Å². The number of carbonyl (C=O) groups excluding carboxylic acids is 2. The van der Waals surface area contributed by atoms with Crippen molar-refractivity contribution in [3.63, 3.8) is 0 Å². The van der Waals surface area contributed by atoms with Crippen molar-refractivity contribution in [2.75, 3.05) is 32.1 Å². The van der Waals surface area contributed by atoms with Crippen molar-refractivity contribution >= 4 is 17.6 Å². The van der Waals surface area contributed by atoms with E-state index in [9.17, 15) is 9.59 Å². The minimum atomic E-state index is -0.415. The van der Waals surface area contributed by atoms with Gasteiger partial charge in [-0.25, -0.2) is 4.79 Å². The molecule has 5 nitrogen and oxygen atoms in total. The molecule has 1 N–H and O–H groups in total. The second-order valence-corrected chi connectivity index (χ2v) is 6.52. The van der Waals surface area contributed by atoms with E-state index in [1.165, 1.54) is 38.6 Å². The van der Waals surface area contributed by atoms with Crippen LogP contribution >= 0.6 is 0 Å². The topological polar surface area (TPSA) is 58.6 Å². The lowest BCUT2D eigenvalue weighted by Crippen LogP contribution is -2.21. The molecule has 1 aliphatic heterocycles. The quantitative estimate of drug-likeness (QED) is 0.810. The molecule has 1 amide bonds. The van der Waals surface area contributed by atoms with Crippen molar-refractivity contribution < 1.29 is 14.3 Å². The SMILES string of the molecule is COC(=O)c1ccc(C(=O)Nc2ccc(CCN3CCCC3)cc2)cc1. The van der Waals surface area contributed by atoms with Gasteiger partial charge in [0.25, 0.3) is 5.91 Å². The van der Waals surface area contributed by atoms with E-state index in [4.69, 9.17) is 0 Å². The standard InChI is InChI=1S/C21H24N2O3/c1-26-21(25)18-8-6-17(7-9-18)20(24)22-19-10-4-16(5-11-19)12-15-23-13-2-3-14-23/h4-11H,2-3,12-15H2,1H3,(H,22,24). The smallest absolute Gasteiger partial charge is 0.337 e. The van der Waals surface area contributed by atoms with Crippen LogP contribution < -0.4 is 5.32 Å². The molecule has 26 heavy (non-hydrogen) atoms. The first-order chi connectivity index (χ1) is 12.7. The summed E-state index contributed by atoms with van der Waals surface area (Å²) in [5, 5.41) is 2.88. The van der Waals surface area contributed by atoms with Crippen LogP contribution in [0.3, 0.4) is 0 Å².